The highest BCUT2D eigenvalue weighted by molar-refractivity contribution is 7.24. The Morgan fingerprint density at radius 3 is 2.59 bits per heavy atom. The van der Waals surface area contributed by atoms with E-state index < -0.39 is 11.2 Å². The molecule has 0 aliphatic heterocycles. The Labute approximate surface area is 163 Å². The minimum atomic E-state index is -0.572. The van der Waals surface area contributed by atoms with Gasteiger partial charge in [-0.15, -0.1) is 11.3 Å². The molecule has 8 heteroatoms. The van der Waals surface area contributed by atoms with Crippen molar-refractivity contribution < 1.29 is 23.8 Å². The minimum Gasteiger partial charge on any atom is -0.482 e. The predicted octanol–water partition coefficient (Wildman–Crippen LogP) is 3.36. The van der Waals surface area contributed by atoms with Gasteiger partial charge in [-0.2, -0.15) is 0 Å². The predicted molar refractivity (Wildman–Crippen MR) is 104 cm³/mol. The minimum absolute atomic E-state index is 0.154. The first kappa shape index (κ1) is 19.3. The van der Waals surface area contributed by atoms with Crippen molar-refractivity contribution in [3.63, 3.8) is 0 Å². The van der Waals surface area contributed by atoms with Gasteiger partial charge in [0.25, 0.3) is 5.24 Å². The molecule has 1 aromatic heterocycles. The van der Waals surface area contributed by atoms with E-state index in [1.54, 1.807) is 30.3 Å². The van der Waals surface area contributed by atoms with Gasteiger partial charge < -0.3 is 14.2 Å². The maximum Gasteiger partial charge on any atom is 0.344 e. The number of fused-ring (bicyclic) bond motifs is 2. The lowest BCUT2D eigenvalue weighted by molar-refractivity contribution is -0.147. The van der Waals surface area contributed by atoms with E-state index in [0.29, 0.717) is 33.4 Å². The van der Waals surface area contributed by atoms with Gasteiger partial charge in [-0.25, -0.2) is 4.79 Å². The van der Waals surface area contributed by atoms with Crippen LogP contribution in [0.25, 0.3) is 20.2 Å². The monoisotopic (exact) mass is 406 g/mol. The summed E-state index contributed by atoms with van der Waals surface area (Å²) in [7, 11) is 1.51. The van der Waals surface area contributed by atoms with E-state index in [9.17, 15) is 14.4 Å². The Morgan fingerprint density at radius 2 is 1.85 bits per heavy atom. The van der Waals surface area contributed by atoms with E-state index in [0.717, 1.165) is 4.70 Å². The number of ether oxygens (including phenoxy) is 3. The van der Waals surface area contributed by atoms with Crippen molar-refractivity contribution >= 4 is 54.3 Å². The molecule has 6 nitrogen and oxygen atoms in total. The van der Waals surface area contributed by atoms with Gasteiger partial charge in [-0.3, -0.25) is 9.59 Å². The Bertz CT molecular complexity index is 1070. The SMILES string of the molecule is COCCOC(=O)COc1ccc2sc3cc(C(=O)Cl)ccc3c(=O)c2c1. The van der Waals surface area contributed by atoms with Crippen molar-refractivity contribution in [2.75, 3.05) is 26.9 Å². The Hall–Kier alpha value is -2.48. The number of benzene rings is 2. The molecule has 0 saturated heterocycles. The average molecular weight is 407 g/mol. The third-order valence-corrected chi connectivity index (χ3v) is 5.13. The molecule has 0 aliphatic carbocycles. The summed E-state index contributed by atoms with van der Waals surface area (Å²) >= 11 is 6.88. The summed E-state index contributed by atoms with van der Waals surface area (Å²) < 4.78 is 16.5. The second-order valence-corrected chi connectivity index (χ2v) is 7.00. The van der Waals surface area contributed by atoms with E-state index in [-0.39, 0.29) is 18.6 Å². The summed E-state index contributed by atoms with van der Waals surface area (Å²) in [5, 5.41) is 0.394. The van der Waals surface area contributed by atoms with Gasteiger partial charge in [0, 0.05) is 32.8 Å². The topological polar surface area (TPSA) is 78.9 Å². The average Bonchev–Trinajstić information content (AvgIpc) is 2.66. The molecule has 0 aliphatic rings. The van der Waals surface area contributed by atoms with Crippen molar-refractivity contribution in [3.05, 3.63) is 52.2 Å². The Morgan fingerprint density at radius 1 is 1.04 bits per heavy atom. The zero-order valence-electron chi connectivity index (χ0n) is 14.3. The summed E-state index contributed by atoms with van der Waals surface area (Å²) in [4.78, 5) is 35.7. The lowest BCUT2D eigenvalue weighted by Gasteiger charge is -2.08. The molecule has 0 radical (unpaired) electrons. The molecule has 0 atom stereocenters. The van der Waals surface area contributed by atoms with Gasteiger partial charge >= 0.3 is 5.97 Å². The lowest BCUT2D eigenvalue weighted by atomic mass is 10.1. The van der Waals surface area contributed by atoms with Crippen molar-refractivity contribution in [1.82, 2.24) is 0 Å². The second kappa shape index (κ2) is 8.47. The molecule has 3 aromatic rings. The molecular formula is C19H15ClO6S. The van der Waals surface area contributed by atoms with Crippen LogP contribution in [0.15, 0.2) is 41.2 Å². The molecule has 0 bridgehead atoms. The molecule has 140 valence electrons. The van der Waals surface area contributed by atoms with Crippen molar-refractivity contribution in [3.8, 4) is 5.75 Å². The van der Waals surface area contributed by atoms with Gasteiger partial charge in [-0.05, 0) is 48.0 Å². The van der Waals surface area contributed by atoms with Gasteiger partial charge in [0.05, 0.1) is 6.61 Å². The van der Waals surface area contributed by atoms with Crippen LogP contribution in [0.1, 0.15) is 10.4 Å². The summed E-state index contributed by atoms with van der Waals surface area (Å²) in [6.45, 7) is 0.204. The number of hydrogen-bond acceptors (Lipinski definition) is 7. The number of hydrogen-bond donors (Lipinski definition) is 0. The summed E-state index contributed by atoms with van der Waals surface area (Å²) in [6.07, 6.45) is 0. The fraction of sp³-hybridized carbons (Fsp3) is 0.211. The smallest absolute Gasteiger partial charge is 0.344 e. The lowest BCUT2D eigenvalue weighted by Crippen LogP contribution is -2.17. The second-order valence-electron chi connectivity index (χ2n) is 5.58. The normalized spacial score (nSPS) is 10.9. The first-order valence-corrected chi connectivity index (χ1v) is 9.17. The van der Waals surface area contributed by atoms with Gasteiger partial charge in [0.15, 0.2) is 12.0 Å². The van der Waals surface area contributed by atoms with E-state index in [1.165, 1.54) is 24.5 Å². The highest BCUT2D eigenvalue weighted by atomic mass is 35.5. The fourth-order valence-electron chi connectivity index (χ4n) is 2.47. The highest BCUT2D eigenvalue weighted by Gasteiger charge is 2.11. The zero-order chi connectivity index (χ0) is 19.4. The highest BCUT2D eigenvalue weighted by Crippen LogP contribution is 2.28. The molecule has 0 unspecified atom stereocenters. The summed E-state index contributed by atoms with van der Waals surface area (Å²) in [5.74, 6) is -0.128. The number of carbonyl (C=O) groups is 2. The van der Waals surface area contributed by atoms with Crippen LogP contribution in [-0.4, -0.2) is 38.1 Å². The quantitative estimate of drug-likeness (QED) is 0.259. The fourth-order valence-corrected chi connectivity index (χ4v) is 3.68. The largest absolute Gasteiger partial charge is 0.482 e. The molecule has 1 heterocycles. The molecule has 0 amide bonds. The molecule has 27 heavy (non-hydrogen) atoms. The van der Waals surface area contributed by atoms with E-state index in [2.05, 4.69) is 0 Å². The standard InChI is InChI=1S/C19H15ClO6S/c1-24-6-7-25-17(21)10-26-12-3-5-15-14(9-12)18(22)13-4-2-11(19(20)23)8-16(13)27-15/h2-5,8-9H,6-7,10H2,1H3. The number of carbonyl (C=O) groups excluding carboxylic acids is 2. The van der Waals surface area contributed by atoms with Crippen LogP contribution in [0.2, 0.25) is 0 Å². The van der Waals surface area contributed by atoms with E-state index in [4.69, 9.17) is 25.8 Å². The summed E-state index contributed by atoms with van der Waals surface area (Å²) in [6, 6.07) is 9.72. The van der Waals surface area contributed by atoms with Gasteiger partial charge in [0.2, 0.25) is 0 Å². The third kappa shape index (κ3) is 4.44. The van der Waals surface area contributed by atoms with Crippen LogP contribution in [0.4, 0.5) is 0 Å². The van der Waals surface area contributed by atoms with E-state index >= 15 is 0 Å². The molecular weight excluding hydrogens is 392 g/mol. The molecule has 3 rings (SSSR count). The number of rotatable bonds is 7. The third-order valence-electron chi connectivity index (χ3n) is 3.78. The summed E-state index contributed by atoms with van der Waals surface area (Å²) in [5.41, 5.74) is 0.159. The Balaban J connectivity index is 1.86. The first-order valence-electron chi connectivity index (χ1n) is 7.97. The van der Waals surface area contributed by atoms with Gasteiger partial charge in [0.1, 0.15) is 12.4 Å². The van der Waals surface area contributed by atoms with Crippen LogP contribution in [-0.2, 0) is 14.3 Å². The van der Waals surface area contributed by atoms with Crippen molar-refractivity contribution in [2.45, 2.75) is 0 Å². The van der Waals surface area contributed by atoms with Crippen LogP contribution >= 0.6 is 22.9 Å². The maximum absolute atomic E-state index is 12.8. The molecule has 0 spiro atoms. The Kier molecular flexibility index (Phi) is 6.05. The maximum atomic E-state index is 12.8. The van der Waals surface area contributed by atoms with Crippen LogP contribution < -0.4 is 10.2 Å². The van der Waals surface area contributed by atoms with Crippen LogP contribution in [0.3, 0.4) is 0 Å². The van der Waals surface area contributed by atoms with Crippen LogP contribution in [0.5, 0.6) is 5.75 Å². The molecule has 0 fully saturated rings. The first-order chi connectivity index (χ1) is 13.0. The number of esters is 1. The van der Waals surface area contributed by atoms with E-state index in [1.807, 2.05) is 0 Å². The molecule has 0 saturated carbocycles. The number of halogens is 1. The zero-order valence-corrected chi connectivity index (χ0v) is 15.9. The van der Waals surface area contributed by atoms with Crippen LogP contribution in [0, 0.1) is 0 Å². The van der Waals surface area contributed by atoms with Gasteiger partial charge in [-0.1, -0.05) is 0 Å². The molecule has 2 aromatic carbocycles. The van der Waals surface area contributed by atoms with Crippen molar-refractivity contribution in [1.29, 1.82) is 0 Å². The number of methoxy groups -OCH3 is 1. The molecule has 0 N–H and O–H groups in total. The van der Waals surface area contributed by atoms with Crippen molar-refractivity contribution in [2.24, 2.45) is 0 Å².